The van der Waals surface area contributed by atoms with Crippen molar-refractivity contribution in [3.8, 4) is 0 Å². The van der Waals surface area contributed by atoms with Crippen LogP contribution in [0.2, 0.25) is 18.1 Å². The average Bonchev–Trinajstić information content (AvgIpc) is 2.51. The molecule has 0 aliphatic rings. The van der Waals surface area contributed by atoms with E-state index in [1.54, 1.807) is 14.2 Å². The van der Waals surface area contributed by atoms with Crippen molar-refractivity contribution in [3.63, 3.8) is 0 Å². The van der Waals surface area contributed by atoms with Gasteiger partial charge >= 0.3 is 0 Å². The summed E-state index contributed by atoms with van der Waals surface area (Å²) >= 11 is 0. The van der Waals surface area contributed by atoms with Gasteiger partial charge in [0.15, 0.2) is 8.32 Å². The molecule has 24 heavy (non-hydrogen) atoms. The zero-order chi connectivity index (χ0) is 19.0. The maximum absolute atomic E-state index is 11.1. The number of hydrogen-bond donors (Lipinski definition) is 0. The van der Waals surface area contributed by atoms with Crippen molar-refractivity contribution >= 4 is 14.6 Å². The quantitative estimate of drug-likeness (QED) is 0.300. The molecule has 0 saturated heterocycles. The Hall–Kier alpha value is -0.273. The number of hydrogen-bond acceptors (Lipinski definition) is 5. The summed E-state index contributed by atoms with van der Waals surface area (Å²) in [6.07, 6.45) is 1.32. The van der Waals surface area contributed by atoms with Gasteiger partial charge in [-0.2, -0.15) is 0 Å². The van der Waals surface area contributed by atoms with E-state index in [-0.39, 0.29) is 35.9 Å². The molecule has 0 aromatic carbocycles. The first-order valence-electron chi connectivity index (χ1n) is 8.72. The van der Waals surface area contributed by atoms with Crippen molar-refractivity contribution in [1.29, 1.82) is 0 Å². The van der Waals surface area contributed by atoms with E-state index in [1.165, 1.54) is 0 Å². The molecule has 5 nitrogen and oxygen atoms in total. The fraction of sp³-hybridized carbons (Fsp3) is 0.944. The molecule has 144 valence electrons. The number of aldehydes is 1. The third kappa shape index (κ3) is 7.74. The van der Waals surface area contributed by atoms with Crippen LogP contribution in [0, 0.1) is 11.8 Å². The van der Waals surface area contributed by atoms with Gasteiger partial charge in [0.05, 0.1) is 12.2 Å². The molecule has 0 spiro atoms. The van der Waals surface area contributed by atoms with Crippen LogP contribution >= 0.6 is 0 Å². The maximum Gasteiger partial charge on any atom is 0.191 e. The second kappa shape index (κ2) is 10.7. The van der Waals surface area contributed by atoms with Crippen LogP contribution in [0.4, 0.5) is 0 Å². The highest BCUT2D eigenvalue weighted by Gasteiger charge is 2.38. The predicted molar refractivity (Wildman–Crippen MR) is 99.7 cm³/mol. The number of carbonyl (C=O) groups excluding carboxylic acids is 1. The Labute approximate surface area is 149 Å². The summed E-state index contributed by atoms with van der Waals surface area (Å²) in [7, 11) is 1.44. The Morgan fingerprint density at radius 1 is 1.08 bits per heavy atom. The highest BCUT2D eigenvalue weighted by Crippen LogP contribution is 2.37. The molecule has 0 amide bonds. The predicted octanol–water partition coefficient (Wildman–Crippen LogP) is 3.87. The SMILES string of the molecule is COCO[C@@H](C[C@H](OC)[C@@H](C)C=O)[C@H](C)CO[Si](C)(C)C(C)(C)C. The minimum absolute atomic E-state index is 0.0814. The van der Waals surface area contributed by atoms with Crippen molar-refractivity contribution in [3.05, 3.63) is 0 Å². The van der Waals surface area contributed by atoms with E-state index in [9.17, 15) is 4.79 Å². The highest BCUT2D eigenvalue weighted by atomic mass is 28.4. The zero-order valence-electron chi connectivity index (χ0n) is 17.0. The van der Waals surface area contributed by atoms with Gasteiger partial charge in [-0.3, -0.25) is 0 Å². The molecule has 0 radical (unpaired) electrons. The summed E-state index contributed by atoms with van der Waals surface area (Å²) in [5.74, 6) is 0.0166. The van der Waals surface area contributed by atoms with Crippen LogP contribution in [0.5, 0.6) is 0 Å². The van der Waals surface area contributed by atoms with Gasteiger partial charge in [-0.25, -0.2) is 0 Å². The van der Waals surface area contributed by atoms with Gasteiger partial charge in [-0.1, -0.05) is 34.6 Å². The molecule has 4 atom stereocenters. The Bertz CT molecular complexity index is 354. The summed E-state index contributed by atoms with van der Waals surface area (Å²) < 4.78 is 22.7. The van der Waals surface area contributed by atoms with Gasteiger partial charge in [0.1, 0.15) is 13.1 Å². The number of ether oxygens (including phenoxy) is 3. The molecule has 0 heterocycles. The standard InChI is InChI=1S/C18H38O5Si/c1-14(11-19)16(21-7)10-17(22-13-20-6)15(2)12-23-24(8,9)18(3,4)5/h11,14-17H,10,12-13H2,1-9H3/t14-,15+,16-,17-/m0/s1. The van der Waals surface area contributed by atoms with Gasteiger partial charge in [-0.15, -0.1) is 0 Å². The normalized spacial score (nSPS) is 18.0. The molecule has 0 aliphatic heterocycles. The Kier molecular flexibility index (Phi) is 10.5. The molecule has 0 aromatic heterocycles. The lowest BCUT2D eigenvalue weighted by Crippen LogP contribution is -2.43. The monoisotopic (exact) mass is 362 g/mol. The molecule has 0 rings (SSSR count). The molecule has 0 aromatic rings. The maximum atomic E-state index is 11.1. The first kappa shape index (κ1) is 23.7. The van der Waals surface area contributed by atoms with Gasteiger partial charge in [0.25, 0.3) is 0 Å². The lowest BCUT2D eigenvalue weighted by molar-refractivity contribution is -0.123. The minimum Gasteiger partial charge on any atom is -0.416 e. The number of methoxy groups -OCH3 is 2. The van der Waals surface area contributed by atoms with Crippen LogP contribution in [0.3, 0.4) is 0 Å². The fourth-order valence-electron chi connectivity index (χ4n) is 2.13. The number of rotatable bonds is 12. The molecule has 6 heteroatoms. The van der Waals surface area contributed by atoms with E-state index in [1.807, 2.05) is 6.92 Å². The van der Waals surface area contributed by atoms with E-state index in [0.717, 1.165) is 6.29 Å². The van der Waals surface area contributed by atoms with E-state index >= 15 is 0 Å². The van der Waals surface area contributed by atoms with Crippen molar-refractivity contribution in [2.75, 3.05) is 27.6 Å². The molecule has 0 aliphatic carbocycles. The van der Waals surface area contributed by atoms with Crippen LogP contribution in [0.1, 0.15) is 41.0 Å². The number of carbonyl (C=O) groups is 1. The summed E-state index contributed by atoms with van der Waals surface area (Å²) in [6.45, 7) is 16.0. The topological polar surface area (TPSA) is 54.0 Å². The van der Waals surface area contributed by atoms with Gasteiger partial charge < -0.3 is 23.4 Å². The largest absolute Gasteiger partial charge is 0.416 e. The average molecular weight is 363 g/mol. The van der Waals surface area contributed by atoms with Crippen LogP contribution < -0.4 is 0 Å². The third-order valence-corrected chi connectivity index (χ3v) is 9.62. The molecule has 0 N–H and O–H groups in total. The highest BCUT2D eigenvalue weighted by molar-refractivity contribution is 6.74. The van der Waals surface area contributed by atoms with Crippen molar-refractivity contribution in [2.45, 2.75) is 71.4 Å². The lowest BCUT2D eigenvalue weighted by Gasteiger charge is -2.38. The minimum atomic E-state index is -1.80. The zero-order valence-corrected chi connectivity index (χ0v) is 18.0. The lowest BCUT2D eigenvalue weighted by atomic mass is 9.94. The molecule has 0 bridgehead atoms. The molecule has 0 unspecified atom stereocenters. The first-order chi connectivity index (χ1) is 11.0. The van der Waals surface area contributed by atoms with Gasteiger partial charge in [0.2, 0.25) is 0 Å². The van der Waals surface area contributed by atoms with Crippen molar-refractivity contribution < 1.29 is 23.4 Å². The Balaban J connectivity index is 4.87. The third-order valence-electron chi connectivity index (χ3n) is 5.12. The van der Waals surface area contributed by atoms with E-state index in [2.05, 4.69) is 40.8 Å². The van der Waals surface area contributed by atoms with Crippen molar-refractivity contribution in [1.82, 2.24) is 0 Å². The molecular formula is C18H38O5Si. The van der Waals surface area contributed by atoms with E-state index in [4.69, 9.17) is 18.6 Å². The second-order valence-corrected chi connectivity index (χ2v) is 13.0. The van der Waals surface area contributed by atoms with Crippen LogP contribution in [-0.4, -0.2) is 54.4 Å². The molecular weight excluding hydrogens is 324 g/mol. The summed E-state index contributed by atoms with van der Waals surface area (Å²) in [5.41, 5.74) is 0. The summed E-state index contributed by atoms with van der Waals surface area (Å²) in [5, 5.41) is 0.177. The van der Waals surface area contributed by atoms with E-state index < -0.39 is 8.32 Å². The molecule has 0 saturated carbocycles. The Morgan fingerprint density at radius 2 is 1.67 bits per heavy atom. The first-order valence-corrected chi connectivity index (χ1v) is 11.6. The van der Waals surface area contributed by atoms with E-state index in [0.29, 0.717) is 13.0 Å². The smallest absolute Gasteiger partial charge is 0.191 e. The Morgan fingerprint density at radius 3 is 2.08 bits per heavy atom. The summed E-state index contributed by atoms with van der Waals surface area (Å²) in [6, 6.07) is 0. The molecule has 0 fully saturated rings. The van der Waals surface area contributed by atoms with Gasteiger partial charge in [0, 0.05) is 39.1 Å². The second-order valence-electron chi connectivity index (χ2n) is 8.17. The fourth-order valence-corrected chi connectivity index (χ4v) is 3.24. The van der Waals surface area contributed by atoms with Crippen LogP contribution in [0.25, 0.3) is 0 Å². The van der Waals surface area contributed by atoms with Crippen LogP contribution in [-0.2, 0) is 23.4 Å². The van der Waals surface area contributed by atoms with Gasteiger partial charge in [-0.05, 0) is 18.1 Å². The van der Waals surface area contributed by atoms with Crippen molar-refractivity contribution in [2.24, 2.45) is 11.8 Å². The van der Waals surface area contributed by atoms with Crippen LogP contribution in [0.15, 0.2) is 0 Å². The summed E-state index contributed by atoms with van der Waals surface area (Å²) in [4.78, 5) is 11.1.